The highest BCUT2D eigenvalue weighted by molar-refractivity contribution is 5.74. The molecule has 1 aromatic rings. The van der Waals surface area contributed by atoms with Crippen LogP contribution in [0.15, 0.2) is 24.3 Å². The van der Waals surface area contributed by atoms with Crippen molar-refractivity contribution in [2.24, 2.45) is 5.92 Å². The summed E-state index contributed by atoms with van der Waals surface area (Å²) in [5, 5.41) is 3.09. The number of hydrogen-bond donors (Lipinski definition) is 1. The third-order valence-corrected chi connectivity index (χ3v) is 5.17. The Kier molecular flexibility index (Phi) is 7.12. The van der Waals surface area contributed by atoms with E-state index in [4.69, 9.17) is 9.47 Å². The molecule has 140 valence electrons. The van der Waals surface area contributed by atoms with Gasteiger partial charge in [0, 0.05) is 26.7 Å². The van der Waals surface area contributed by atoms with Crippen LogP contribution in [0.1, 0.15) is 38.7 Å². The lowest BCUT2D eigenvalue weighted by molar-refractivity contribution is -0.00500. The lowest BCUT2D eigenvalue weighted by Gasteiger charge is -2.26. The molecule has 0 saturated carbocycles. The second-order valence-corrected chi connectivity index (χ2v) is 7.34. The number of likely N-dealkylation sites (tertiary alicyclic amines) is 1. The molecular formula is C20H32N2O3. The van der Waals surface area contributed by atoms with Gasteiger partial charge in [-0.05, 0) is 56.2 Å². The molecule has 0 aromatic heterocycles. The SMILES string of the molecule is COc1ccc(CC(C)CNC(=O)N2CCCC(C)(OC)CC2)cc1. The fraction of sp³-hybridized carbons (Fsp3) is 0.650. The molecule has 2 unspecified atom stereocenters. The molecule has 1 fully saturated rings. The maximum atomic E-state index is 12.4. The van der Waals surface area contributed by atoms with Crippen molar-refractivity contribution in [3.8, 4) is 5.75 Å². The van der Waals surface area contributed by atoms with E-state index in [2.05, 4.69) is 31.3 Å². The van der Waals surface area contributed by atoms with Crippen molar-refractivity contribution in [2.75, 3.05) is 33.9 Å². The lowest BCUT2D eigenvalue weighted by Crippen LogP contribution is -2.42. The lowest BCUT2D eigenvalue weighted by atomic mass is 9.97. The van der Waals surface area contributed by atoms with Crippen molar-refractivity contribution in [3.05, 3.63) is 29.8 Å². The topological polar surface area (TPSA) is 50.8 Å². The Balaban J connectivity index is 1.76. The van der Waals surface area contributed by atoms with Crippen LogP contribution in [-0.4, -0.2) is 50.4 Å². The van der Waals surface area contributed by atoms with Crippen LogP contribution in [0.2, 0.25) is 0 Å². The minimum atomic E-state index is -0.101. The van der Waals surface area contributed by atoms with Crippen LogP contribution in [0.5, 0.6) is 5.75 Å². The third kappa shape index (κ3) is 5.92. The number of carbonyl (C=O) groups excluding carboxylic acids is 1. The van der Waals surface area contributed by atoms with E-state index in [1.165, 1.54) is 5.56 Å². The first kappa shape index (κ1) is 19.6. The molecule has 1 N–H and O–H groups in total. The number of hydrogen-bond acceptors (Lipinski definition) is 3. The zero-order valence-corrected chi connectivity index (χ0v) is 16.0. The van der Waals surface area contributed by atoms with Crippen LogP contribution in [0.25, 0.3) is 0 Å². The molecule has 2 atom stereocenters. The second-order valence-electron chi connectivity index (χ2n) is 7.34. The molecule has 2 amide bonds. The van der Waals surface area contributed by atoms with E-state index in [1.807, 2.05) is 17.0 Å². The summed E-state index contributed by atoms with van der Waals surface area (Å²) in [5.74, 6) is 1.25. The van der Waals surface area contributed by atoms with Gasteiger partial charge in [-0.25, -0.2) is 4.79 Å². The first-order valence-corrected chi connectivity index (χ1v) is 9.16. The molecule has 2 rings (SSSR count). The minimum Gasteiger partial charge on any atom is -0.497 e. The number of methoxy groups -OCH3 is 2. The predicted octanol–water partition coefficient (Wildman–Crippen LogP) is 3.47. The Morgan fingerprint density at radius 1 is 1.24 bits per heavy atom. The number of ether oxygens (including phenoxy) is 2. The van der Waals surface area contributed by atoms with Gasteiger partial charge in [-0.2, -0.15) is 0 Å². The van der Waals surface area contributed by atoms with Crippen LogP contribution in [-0.2, 0) is 11.2 Å². The summed E-state index contributed by atoms with van der Waals surface area (Å²) in [4.78, 5) is 14.4. The Hall–Kier alpha value is -1.75. The summed E-state index contributed by atoms with van der Waals surface area (Å²) < 4.78 is 10.8. The Morgan fingerprint density at radius 2 is 1.96 bits per heavy atom. The van der Waals surface area contributed by atoms with Crippen LogP contribution >= 0.6 is 0 Å². The van der Waals surface area contributed by atoms with Crippen molar-refractivity contribution in [1.82, 2.24) is 10.2 Å². The van der Waals surface area contributed by atoms with Gasteiger partial charge in [-0.3, -0.25) is 0 Å². The molecule has 0 aliphatic carbocycles. The molecule has 1 aliphatic rings. The van der Waals surface area contributed by atoms with Crippen LogP contribution in [0, 0.1) is 5.92 Å². The van der Waals surface area contributed by atoms with Crippen molar-refractivity contribution in [3.63, 3.8) is 0 Å². The average molecular weight is 348 g/mol. The van der Waals surface area contributed by atoms with Gasteiger partial charge in [0.2, 0.25) is 0 Å². The van der Waals surface area contributed by atoms with E-state index < -0.39 is 0 Å². The van der Waals surface area contributed by atoms with E-state index in [0.717, 1.165) is 44.5 Å². The van der Waals surface area contributed by atoms with Gasteiger partial charge in [0.05, 0.1) is 12.7 Å². The van der Waals surface area contributed by atoms with E-state index in [0.29, 0.717) is 12.5 Å². The summed E-state index contributed by atoms with van der Waals surface area (Å²) in [6.45, 7) is 6.53. The number of amides is 2. The summed E-state index contributed by atoms with van der Waals surface area (Å²) >= 11 is 0. The molecule has 5 heteroatoms. The molecule has 1 aliphatic heterocycles. The van der Waals surface area contributed by atoms with Gasteiger partial charge < -0.3 is 19.7 Å². The first-order chi connectivity index (χ1) is 12.0. The average Bonchev–Trinajstić information content (AvgIpc) is 2.83. The second kappa shape index (κ2) is 9.09. The smallest absolute Gasteiger partial charge is 0.317 e. The summed E-state index contributed by atoms with van der Waals surface area (Å²) in [7, 11) is 3.43. The molecule has 5 nitrogen and oxygen atoms in total. The number of rotatable bonds is 6. The quantitative estimate of drug-likeness (QED) is 0.856. The normalized spacial score (nSPS) is 22.2. The van der Waals surface area contributed by atoms with E-state index >= 15 is 0 Å². The molecule has 1 saturated heterocycles. The predicted molar refractivity (Wildman–Crippen MR) is 100 cm³/mol. The highest BCUT2D eigenvalue weighted by Crippen LogP contribution is 2.25. The first-order valence-electron chi connectivity index (χ1n) is 9.16. The molecule has 1 aromatic carbocycles. The Labute approximate surface area is 151 Å². The van der Waals surface area contributed by atoms with E-state index in [-0.39, 0.29) is 11.6 Å². The van der Waals surface area contributed by atoms with Gasteiger partial charge in [0.1, 0.15) is 5.75 Å². The number of carbonyl (C=O) groups is 1. The number of benzene rings is 1. The molecule has 1 heterocycles. The van der Waals surface area contributed by atoms with Gasteiger partial charge in [0.25, 0.3) is 0 Å². The molecular weight excluding hydrogens is 316 g/mol. The summed E-state index contributed by atoms with van der Waals surface area (Å²) in [5.41, 5.74) is 1.16. The maximum absolute atomic E-state index is 12.4. The van der Waals surface area contributed by atoms with Gasteiger partial charge in [-0.1, -0.05) is 19.1 Å². The number of urea groups is 1. The van der Waals surface area contributed by atoms with Crippen molar-refractivity contribution < 1.29 is 14.3 Å². The van der Waals surface area contributed by atoms with Crippen LogP contribution < -0.4 is 10.1 Å². The fourth-order valence-corrected chi connectivity index (χ4v) is 3.27. The number of nitrogens with one attached hydrogen (secondary N) is 1. The Morgan fingerprint density at radius 3 is 2.60 bits per heavy atom. The maximum Gasteiger partial charge on any atom is 0.317 e. The highest BCUT2D eigenvalue weighted by Gasteiger charge is 2.29. The van der Waals surface area contributed by atoms with Gasteiger partial charge in [-0.15, -0.1) is 0 Å². The van der Waals surface area contributed by atoms with Crippen molar-refractivity contribution in [1.29, 1.82) is 0 Å². The van der Waals surface area contributed by atoms with Crippen molar-refractivity contribution in [2.45, 2.75) is 45.1 Å². The zero-order chi connectivity index (χ0) is 18.3. The van der Waals surface area contributed by atoms with Crippen LogP contribution in [0.3, 0.4) is 0 Å². The zero-order valence-electron chi connectivity index (χ0n) is 16.0. The Bertz CT molecular complexity index is 546. The van der Waals surface area contributed by atoms with E-state index in [9.17, 15) is 4.79 Å². The van der Waals surface area contributed by atoms with Crippen molar-refractivity contribution >= 4 is 6.03 Å². The number of nitrogens with zero attached hydrogens (tertiary/aromatic N) is 1. The fourth-order valence-electron chi connectivity index (χ4n) is 3.27. The summed E-state index contributed by atoms with van der Waals surface area (Å²) in [6.07, 6.45) is 3.81. The van der Waals surface area contributed by atoms with E-state index in [1.54, 1.807) is 14.2 Å². The largest absolute Gasteiger partial charge is 0.497 e. The standard InChI is InChI=1S/C20H32N2O3/c1-16(14-17-6-8-18(24-3)9-7-17)15-21-19(23)22-12-5-10-20(2,25-4)11-13-22/h6-9,16H,5,10-15H2,1-4H3,(H,21,23). The highest BCUT2D eigenvalue weighted by atomic mass is 16.5. The minimum absolute atomic E-state index is 0.0435. The third-order valence-electron chi connectivity index (χ3n) is 5.17. The summed E-state index contributed by atoms with van der Waals surface area (Å²) in [6, 6.07) is 8.16. The molecule has 25 heavy (non-hydrogen) atoms. The van der Waals surface area contributed by atoms with Gasteiger partial charge in [0.15, 0.2) is 0 Å². The molecule has 0 spiro atoms. The molecule has 0 radical (unpaired) electrons. The van der Waals surface area contributed by atoms with Crippen LogP contribution in [0.4, 0.5) is 4.79 Å². The van der Waals surface area contributed by atoms with Gasteiger partial charge >= 0.3 is 6.03 Å². The monoisotopic (exact) mass is 348 g/mol. The molecule has 0 bridgehead atoms.